The van der Waals surface area contributed by atoms with E-state index in [4.69, 9.17) is 9.47 Å². The Hall–Kier alpha value is -2.14. The molecule has 9 heteroatoms. The number of aliphatic hydroxyl groups is 5. The molecule has 12 aliphatic rings. The lowest BCUT2D eigenvalue weighted by Crippen LogP contribution is -2.65. The molecular weight excluding hydrogens is 781 g/mol. The molecule has 0 radical (unpaired) electrons. The highest BCUT2D eigenvalue weighted by molar-refractivity contribution is 5.89. The molecule has 0 saturated heterocycles. The first-order chi connectivity index (χ1) is 29.2. The Morgan fingerprint density at radius 2 is 0.952 bits per heavy atom. The molecule has 6 unspecified atom stereocenters. The average Bonchev–Trinajstić information content (AvgIpc) is 4.03. The van der Waals surface area contributed by atoms with Crippen molar-refractivity contribution in [2.24, 2.45) is 110 Å². The lowest BCUT2D eigenvalue weighted by Gasteiger charge is -2.64. The number of fused-ring (bicyclic) bond motifs is 20. The molecule has 0 aromatic heterocycles. The SMILES string of the molecule is CCOC(=O)C#C[C@]1(O)[C@H]2C[C@H]2C2C3C(CC[C@@]21C)[C@@]1(C)CC[C@H](C)C[C@@]1(O)[C@@H]1C[C@H]31.CCOC(=O)C#C[C@]1(O)[C@H]2C[C@H]2C2C3C(CC[C@@]21C)[C@@]1(C)CC[C@H](O)C[C@@]1(O)[C@@H]1C[C@H]31. The Bertz CT molecular complexity index is 1920. The van der Waals surface area contributed by atoms with Gasteiger partial charge in [0.05, 0.1) is 30.5 Å². The van der Waals surface area contributed by atoms with Gasteiger partial charge in [0.2, 0.25) is 0 Å². The first kappa shape index (κ1) is 42.5. The summed E-state index contributed by atoms with van der Waals surface area (Å²) in [6, 6.07) is 0. The lowest BCUT2D eigenvalue weighted by atomic mass is 9.42. The predicted octanol–water partition coefficient (Wildman–Crippen LogP) is 6.30. The van der Waals surface area contributed by atoms with Crippen LogP contribution in [0.3, 0.4) is 0 Å². The zero-order valence-electron chi connectivity index (χ0n) is 38.4. The van der Waals surface area contributed by atoms with Crippen molar-refractivity contribution in [3.8, 4) is 23.7 Å². The fraction of sp³-hybridized carbons (Fsp3) is 0.887. The fourth-order valence-electron chi connectivity index (χ4n) is 19.7. The van der Waals surface area contributed by atoms with Crippen LogP contribution in [0.5, 0.6) is 0 Å². The van der Waals surface area contributed by atoms with Crippen LogP contribution in [0, 0.1) is 134 Å². The molecule has 0 amide bonds. The van der Waals surface area contributed by atoms with E-state index >= 15 is 0 Å². The van der Waals surface area contributed by atoms with Crippen LogP contribution in [0.2, 0.25) is 0 Å². The first-order valence-corrected chi connectivity index (χ1v) is 25.2. The molecule has 12 fully saturated rings. The Balaban J connectivity index is 0.000000139. The van der Waals surface area contributed by atoms with Gasteiger partial charge >= 0.3 is 11.9 Å². The molecule has 12 rings (SSSR count). The summed E-state index contributed by atoms with van der Waals surface area (Å²) in [5.74, 6) is 17.0. The van der Waals surface area contributed by atoms with Gasteiger partial charge in [-0.3, -0.25) is 0 Å². The number of esters is 2. The molecule has 0 heterocycles. The van der Waals surface area contributed by atoms with Crippen molar-refractivity contribution < 1.29 is 44.6 Å². The van der Waals surface area contributed by atoms with E-state index in [1.54, 1.807) is 13.8 Å². The molecule has 0 aromatic carbocycles. The number of ether oxygens (including phenoxy) is 2. The normalized spacial score (nSPS) is 60.2. The van der Waals surface area contributed by atoms with Crippen LogP contribution in [-0.2, 0) is 19.1 Å². The number of hydrogen-bond acceptors (Lipinski definition) is 9. The monoisotopic (exact) mass is 855 g/mol. The highest BCUT2D eigenvalue weighted by Gasteiger charge is 2.83. The van der Waals surface area contributed by atoms with Crippen LogP contribution in [-0.4, -0.2) is 79.2 Å². The quantitative estimate of drug-likeness (QED) is 0.122. The van der Waals surface area contributed by atoms with E-state index in [0.29, 0.717) is 90.6 Å². The molecule has 0 bridgehead atoms. The Kier molecular flexibility index (Phi) is 9.09. The molecule has 0 aromatic rings. The number of aliphatic hydroxyl groups excluding tert-OH is 1. The van der Waals surface area contributed by atoms with E-state index in [9.17, 15) is 35.1 Å². The largest absolute Gasteiger partial charge is 0.456 e. The summed E-state index contributed by atoms with van der Waals surface area (Å²) in [4.78, 5) is 23.9. The third-order valence-corrected chi connectivity index (χ3v) is 22.7. The highest BCUT2D eigenvalue weighted by Crippen LogP contribution is 2.83. The van der Waals surface area contributed by atoms with E-state index in [0.717, 1.165) is 77.0 Å². The van der Waals surface area contributed by atoms with Crippen molar-refractivity contribution in [3.63, 3.8) is 0 Å². The Labute approximate surface area is 369 Å². The molecule has 340 valence electrons. The highest BCUT2D eigenvalue weighted by atomic mass is 16.5. The fourth-order valence-corrected chi connectivity index (χ4v) is 19.7. The van der Waals surface area contributed by atoms with E-state index < -0.39 is 34.3 Å². The Morgan fingerprint density at radius 1 is 0.548 bits per heavy atom. The number of carbonyl (C=O) groups excluding carboxylic acids is 2. The molecule has 5 N–H and O–H groups in total. The summed E-state index contributed by atoms with van der Waals surface area (Å²) >= 11 is 0. The minimum atomic E-state index is -1.12. The molecule has 9 nitrogen and oxygen atoms in total. The van der Waals surface area contributed by atoms with Gasteiger partial charge in [-0.1, -0.05) is 46.5 Å². The zero-order valence-corrected chi connectivity index (χ0v) is 38.4. The van der Waals surface area contributed by atoms with E-state index in [1.165, 1.54) is 6.42 Å². The third-order valence-electron chi connectivity index (χ3n) is 22.7. The van der Waals surface area contributed by atoms with Crippen LogP contribution in [0.1, 0.15) is 138 Å². The molecular formula is C53H74O9. The maximum absolute atomic E-state index is 12.0. The van der Waals surface area contributed by atoms with Gasteiger partial charge in [-0.25, -0.2) is 9.59 Å². The van der Waals surface area contributed by atoms with Gasteiger partial charge in [-0.2, -0.15) is 0 Å². The van der Waals surface area contributed by atoms with Gasteiger partial charge in [-0.05, 0) is 185 Å². The van der Waals surface area contributed by atoms with Crippen molar-refractivity contribution in [2.45, 2.75) is 167 Å². The molecule has 12 aliphatic carbocycles. The maximum Gasteiger partial charge on any atom is 0.384 e. The van der Waals surface area contributed by atoms with Crippen molar-refractivity contribution >= 4 is 11.9 Å². The second kappa shape index (κ2) is 13.3. The van der Waals surface area contributed by atoms with Crippen molar-refractivity contribution in [3.05, 3.63) is 0 Å². The standard InChI is InChI=1S/C27H38O4.C26H36O5/c1-5-31-21(28)8-11-26(29)20-13-17(20)23-22-16-12-19(16)27(30)14-15(2)6-9-24(27,3)18(22)7-10-25(23,26)4;1-4-31-20(28)7-10-25(29)19-12-16(19)22-21-15-11-18(15)26(30)13-14(27)5-8-23(26,2)17(21)6-9-24(22,25)3/h15-20,22-23,29-30H,5-7,9-10,12-14H2,1-4H3;14-19,21-22,27,29-30H,4-6,8-9,11-13H2,1-3H3/t15-,16-,17+,18?,19+,20-,22?,23?,24+,25-,26-,27+;14-,15-,16+,17?,18+,19-,21?,22?,23+,24-,25-,26+/m00/s1. The molecule has 62 heavy (non-hydrogen) atoms. The summed E-state index contributed by atoms with van der Waals surface area (Å²) in [5.41, 5.74) is -4.17. The van der Waals surface area contributed by atoms with Gasteiger partial charge < -0.3 is 35.0 Å². The van der Waals surface area contributed by atoms with Crippen LogP contribution in [0.25, 0.3) is 0 Å². The average molecular weight is 855 g/mol. The van der Waals surface area contributed by atoms with Crippen LogP contribution < -0.4 is 0 Å². The third kappa shape index (κ3) is 5.19. The zero-order chi connectivity index (χ0) is 43.9. The van der Waals surface area contributed by atoms with Gasteiger partial charge in [0.25, 0.3) is 0 Å². The first-order valence-electron chi connectivity index (χ1n) is 25.2. The second-order valence-electron chi connectivity index (χ2n) is 24.8. The Morgan fingerprint density at radius 3 is 1.40 bits per heavy atom. The minimum Gasteiger partial charge on any atom is -0.456 e. The molecule has 0 spiro atoms. The van der Waals surface area contributed by atoms with Crippen LogP contribution >= 0.6 is 0 Å². The predicted molar refractivity (Wildman–Crippen MR) is 230 cm³/mol. The topological polar surface area (TPSA) is 154 Å². The van der Waals surface area contributed by atoms with Crippen LogP contribution in [0.4, 0.5) is 0 Å². The summed E-state index contributed by atoms with van der Waals surface area (Å²) in [6.07, 6.45) is 13.3. The molecule has 12 saturated carbocycles. The van der Waals surface area contributed by atoms with Gasteiger partial charge in [0.15, 0.2) is 0 Å². The number of carbonyl (C=O) groups is 2. The van der Waals surface area contributed by atoms with Gasteiger partial charge in [-0.15, -0.1) is 0 Å². The van der Waals surface area contributed by atoms with Crippen molar-refractivity contribution in [1.82, 2.24) is 0 Å². The molecule has 0 aliphatic heterocycles. The minimum absolute atomic E-state index is 0.00484. The summed E-state index contributed by atoms with van der Waals surface area (Å²) in [7, 11) is 0. The van der Waals surface area contributed by atoms with Crippen molar-refractivity contribution in [1.29, 1.82) is 0 Å². The van der Waals surface area contributed by atoms with E-state index in [2.05, 4.69) is 58.3 Å². The van der Waals surface area contributed by atoms with E-state index in [1.807, 2.05) is 0 Å². The van der Waals surface area contributed by atoms with Crippen molar-refractivity contribution in [2.75, 3.05) is 13.2 Å². The number of rotatable bonds is 2. The van der Waals surface area contributed by atoms with Gasteiger partial charge in [0, 0.05) is 40.9 Å². The van der Waals surface area contributed by atoms with E-state index in [-0.39, 0.29) is 45.5 Å². The maximum atomic E-state index is 12.0. The van der Waals surface area contributed by atoms with Crippen LogP contribution in [0.15, 0.2) is 0 Å². The smallest absolute Gasteiger partial charge is 0.384 e. The second-order valence-corrected chi connectivity index (χ2v) is 24.8. The number of hydrogen-bond donors (Lipinski definition) is 5. The summed E-state index contributed by atoms with van der Waals surface area (Å²) < 4.78 is 10.0. The van der Waals surface area contributed by atoms with Gasteiger partial charge in [0.1, 0.15) is 11.2 Å². The molecule has 24 atom stereocenters. The lowest BCUT2D eigenvalue weighted by molar-refractivity contribution is -0.233. The summed E-state index contributed by atoms with van der Waals surface area (Å²) in [5, 5.41) is 58.1. The summed E-state index contributed by atoms with van der Waals surface area (Å²) in [6.45, 7) is 15.6.